The first-order valence-corrected chi connectivity index (χ1v) is 5.57. The summed E-state index contributed by atoms with van der Waals surface area (Å²) in [6.07, 6.45) is -4.08. The van der Waals surface area contributed by atoms with Crippen LogP contribution < -0.4 is 0 Å². The summed E-state index contributed by atoms with van der Waals surface area (Å²) < 4.78 is 38.7. The molecule has 1 atom stereocenters. The average molecular weight is 280 g/mol. The lowest BCUT2D eigenvalue weighted by atomic mass is 9.86. The monoisotopic (exact) mass is 280 g/mol. The first kappa shape index (κ1) is 15.3. The van der Waals surface area contributed by atoms with Crippen LogP contribution in [0.1, 0.15) is 6.42 Å². The molecule has 5 nitrogen and oxygen atoms in total. The van der Waals surface area contributed by atoms with Crippen LogP contribution in [0.3, 0.4) is 0 Å². The minimum Gasteiger partial charge on any atom is -0.481 e. The third-order valence-electron chi connectivity index (χ3n) is 3.22. The zero-order valence-electron chi connectivity index (χ0n) is 10.4. The van der Waals surface area contributed by atoms with Crippen molar-refractivity contribution in [3.63, 3.8) is 0 Å². The summed E-state index contributed by atoms with van der Waals surface area (Å²) in [5.74, 6) is -1.94. The van der Waals surface area contributed by atoms with Gasteiger partial charge in [0.15, 0.2) is 5.41 Å². The lowest BCUT2D eigenvalue weighted by Crippen LogP contribution is -2.49. The highest BCUT2D eigenvalue weighted by atomic mass is 19.4. The van der Waals surface area contributed by atoms with E-state index in [0.717, 1.165) is 4.90 Å². The fraction of sp³-hybridized carbons (Fsp3) is 0.636. The molecular formula is C11H15F3N2O3. The van der Waals surface area contributed by atoms with Crippen molar-refractivity contribution < 1.29 is 27.9 Å². The van der Waals surface area contributed by atoms with Crippen molar-refractivity contribution in [2.75, 3.05) is 26.7 Å². The number of hydrogen-bond donors (Lipinski definition) is 1. The third kappa shape index (κ3) is 2.66. The Balaban J connectivity index is 2.89. The van der Waals surface area contributed by atoms with Crippen molar-refractivity contribution in [3.05, 3.63) is 12.7 Å². The number of aliphatic carboxylic acids is 1. The van der Waals surface area contributed by atoms with Crippen LogP contribution in [0, 0.1) is 5.41 Å². The van der Waals surface area contributed by atoms with E-state index in [-0.39, 0.29) is 13.1 Å². The smallest absolute Gasteiger partial charge is 0.406 e. The van der Waals surface area contributed by atoms with Crippen LogP contribution in [-0.4, -0.2) is 59.8 Å². The average Bonchev–Trinajstić information content (AvgIpc) is 2.73. The number of carbonyl (C=O) groups excluding carboxylic acids is 1. The minimum atomic E-state index is -4.88. The summed E-state index contributed by atoms with van der Waals surface area (Å²) in [6.45, 7) is 2.52. The van der Waals surface area contributed by atoms with Gasteiger partial charge in [-0.05, 0) is 6.42 Å². The SMILES string of the molecule is C=CCN(C)C(=O)N1CCC(C(=O)O)(C(F)(F)F)C1. The lowest BCUT2D eigenvalue weighted by Gasteiger charge is -2.28. The van der Waals surface area contributed by atoms with Crippen LogP contribution in [0.25, 0.3) is 0 Å². The summed E-state index contributed by atoms with van der Waals surface area (Å²) in [7, 11) is 1.42. The highest BCUT2D eigenvalue weighted by Gasteiger charge is 2.64. The molecule has 1 heterocycles. The van der Waals surface area contributed by atoms with E-state index in [4.69, 9.17) is 5.11 Å². The van der Waals surface area contributed by atoms with E-state index in [1.165, 1.54) is 18.0 Å². The number of nitrogens with zero attached hydrogens (tertiary/aromatic N) is 2. The maximum absolute atomic E-state index is 12.9. The number of carboxylic acid groups (broad SMARTS) is 1. The zero-order valence-corrected chi connectivity index (χ0v) is 10.4. The van der Waals surface area contributed by atoms with Crippen LogP contribution in [0.2, 0.25) is 0 Å². The van der Waals surface area contributed by atoms with Gasteiger partial charge in [0.25, 0.3) is 0 Å². The standard InChI is InChI=1S/C11H15F3N2O3/c1-3-5-15(2)9(19)16-6-4-10(7-16,8(17)18)11(12,13)14/h3H,1,4-7H2,2H3,(H,17,18). The van der Waals surface area contributed by atoms with Crippen molar-refractivity contribution in [1.29, 1.82) is 0 Å². The van der Waals surface area contributed by atoms with Crippen molar-refractivity contribution >= 4 is 12.0 Å². The summed E-state index contributed by atoms with van der Waals surface area (Å²) >= 11 is 0. The number of likely N-dealkylation sites (tertiary alicyclic amines) is 1. The molecule has 0 aromatic carbocycles. The summed E-state index contributed by atoms with van der Waals surface area (Å²) in [5.41, 5.74) is -2.86. The van der Waals surface area contributed by atoms with Gasteiger partial charge in [0.05, 0.1) is 0 Å². The topological polar surface area (TPSA) is 60.9 Å². The molecule has 0 saturated carbocycles. The number of carboxylic acids is 1. The van der Waals surface area contributed by atoms with Crippen molar-refractivity contribution in [2.24, 2.45) is 5.41 Å². The molecule has 1 aliphatic heterocycles. The Morgan fingerprint density at radius 1 is 1.53 bits per heavy atom. The normalized spacial score (nSPS) is 23.3. The van der Waals surface area contributed by atoms with E-state index < -0.39 is 36.6 Å². The van der Waals surface area contributed by atoms with E-state index >= 15 is 0 Å². The number of carbonyl (C=O) groups is 2. The minimum absolute atomic E-state index is 0.182. The fourth-order valence-electron chi connectivity index (χ4n) is 2.01. The second-order valence-corrected chi connectivity index (χ2v) is 4.51. The number of urea groups is 1. The Labute approximate surface area is 108 Å². The molecular weight excluding hydrogens is 265 g/mol. The Hall–Kier alpha value is -1.73. The molecule has 0 aromatic rings. The van der Waals surface area contributed by atoms with Crippen LogP contribution in [-0.2, 0) is 4.79 Å². The lowest BCUT2D eigenvalue weighted by molar-refractivity contribution is -0.227. The fourth-order valence-corrected chi connectivity index (χ4v) is 2.01. The number of hydrogen-bond acceptors (Lipinski definition) is 2. The highest BCUT2D eigenvalue weighted by molar-refractivity contribution is 5.80. The number of halogens is 3. The Bertz CT molecular complexity index is 397. The molecule has 0 bridgehead atoms. The predicted molar refractivity (Wildman–Crippen MR) is 60.5 cm³/mol. The van der Waals surface area contributed by atoms with Gasteiger partial charge in [-0.1, -0.05) is 6.08 Å². The molecule has 1 saturated heterocycles. The molecule has 0 radical (unpaired) electrons. The van der Waals surface area contributed by atoms with Crippen molar-refractivity contribution in [1.82, 2.24) is 9.80 Å². The molecule has 2 amide bonds. The molecule has 1 N–H and O–H groups in total. The highest BCUT2D eigenvalue weighted by Crippen LogP contribution is 2.45. The van der Waals surface area contributed by atoms with E-state index in [1.807, 2.05) is 0 Å². The van der Waals surface area contributed by atoms with Gasteiger partial charge in [-0.2, -0.15) is 13.2 Å². The van der Waals surface area contributed by atoms with E-state index in [9.17, 15) is 22.8 Å². The molecule has 0 aromatic heterocycles. The first-order valence-electron chi connectivity index (χ1n) is 5.57. The number of likely N-dealkylation sites (N-methyl/N-ethyl adjacent to an activating group) is 1. The van der Waals surface area contributed by atoms with Crippen LogP contribution in [0.15, 0.2) is 12.7 Å². The maximum atomic E-state index is 12.9. The van der Waals surface area contributed by atoms with Crippen molar-refractivity contribution in [2.45, 2.75) is 12.6 Å². The molecule has 1 aliphatic rings. The van der Waals surface area contributed by atoms with E-state index in [1.54, 1.807) is 0 Å². The molecule has 1 unspecified atom stereocenters. The van der Waals surface area contributed by atoms with E-state index in [0.29, 0.717) is 0 Å². The molecule has 0 spiro atoms. The Kier molecular flexibility index (Phi) is 4.12. The van der Waals surface area contributed by atoms with Gasteiger partial charge in [0.2, 0.25) is 0 Å². The number of rotatable bonds is 3. The third-order valence-corrected chi connectivity index (χ3v) is 3.22. The maximum Gasteiger partial charge on any atom is 0.406 e. The molecule has 0 aliphatic carbocycles. The molecule has 8 heteroatoms. The van der Waals surface area contributed by atoms with Gasteiger partial charge in [-0.15, -0.1) is 6.58 Å². The van der Waals surface area contributed by atoms with Crippen LogP contribution in [0.5, 0.6) is 0 Å². The Morgan fingerprint density at radius 3 is 2.47 bits per heavy atom. The second kappa shape index (κ2) is 5.10. The van der Waals surface area contributed by atoms with Gasteiger partial charge in [-0.3, -0.25) is 4.79 Å². The van der Waals surface area contributed by atoms with E-state index in [2.05, 4.69) is 6.58 Å². The molecule has 1 rings (SSSR count). The molecule has 108 valence electrons. The van der Waals surface area contributed by atoms with Crippen molar-refractivity contribution in [3.8, 4) is 0 Å². The number of amides is 2. The summed E-state index contributed by atoms with van der Waals surface area (Å²) in [4.78, 5) is 24.9. The molecule has 19 heavy (non-hydrogen) atoms. The summed E-state index contributed by atoms with van der Waals surface area (Å²) in [6, 6.07) is -0.632. The van der Waals surface area contributed by atoms with Crippen LogP contribution in [0.4, 0.5) is 18.0 Å². The van der Waals surface area contributed by atoms with Gasteiger partial charge in [0, 0.05) is 26.7 Å². The quantitative estimate of drug-likeness (QED) is 0.798. The summed E-state index contributed by atoms with van der Waals surface area (Å²) in [5, 5.41) is 8.85. The number of alkyl halides is 3. The van der Waals surface area contributed by atoms with Gasteiger partial charge >= 0.3 is 18.2 Å². The van der Waals surface area contributed by atoms with Crippen LogP contribution >= 0.6 is 0 Å². The van der Waals surface area contributed by atoms with Gasteiger partial charge in [0.1, 0.15) is 0 Å². The Morgan fingerprint density at radius 2 is 2.11 bits per heavy atom. The zero-order chi connectivity index (χ0) is 14.8. The predicted octanol–water partition coefficient (Wildman–Crippen LogP) is 1.56. The van der Waals surface area contributed by atoms with Gasteiger partial charge < -0.3 is 14.9 Å². The van der Waals surface area contributed by atoms with Gasteiger partial charge in [-0.25, -0.2) is 4.79 Å². The molecule has 1 fully saturated rings. The largest absolute Gasteiger partial charge is 0.481 e. The first-order chi connectivity index (χ1) is 8.65. The second-order valence-electron chi connectivity index (χ2n) is 4.51.